The number of hydrogen-bond donors (Lipinski definition) is 2. The molecular weight excluding hydrogens is 235 g/mol. The zero-order valence-electron chi connectivity index (χ0n) is 8.37. The van der Waals surface area contributed by atoms with E-state index in [2.05, 4.69) is 5.32 Å². The van der Waals surface area contributed by atoms with Gasteiger partial charge in [-0.15, -0.1) is 12.4 Å². The lowest BCUT2D eigenvalue weighted by atomic mass is 10.2. The summed E-state index contributed by atoms with van der Waals surface area (Å²) in [5.74, 6) is -0.148. The average molecular weight is 249 g/mol. The summed E-state index contributed by atoms with van der Waals surface area (Å²) in [7, 11) is 0. The second kappa shape index (κ2) is 6.67. The quantitative estimate of drug-likeness (QED) is 0.858. The molecule has 1 amide bonds. The van der Waals surface area contributed by atoms with Crippen LogP contribution in [0.1, 0.15) is 17.3 Å². The first-order valence-electron chi connectivity index (χ1n) is 4.40. The van der Waals surface area contributed by atoms with Crippen molar-refractivity contribution in [3.05, 3.63) is 34.9 Å². The highest BCUT2D eigenvalue weighted by Crippen LogP contribution is 2.10. The predicted octanol–water partition coefficient (Wildman–Crippen LogP) is 1.84. The Hall–Kier alpha value is -0.770. The number of halogens is 2. The van der Waals surface area contributed by atoms with E-state index in [1.54, 1.807) is 24.3 Å². The fourth-order valence-electron chi connectivity index (χ4n) is 0.996. The Labute approximate surface area is 100 Å². The van der Waals surface area contributed by atoms with Gasteiger partial charge in [0.2, 0.25) is 0 Å². The van der Waals surface area contributed by atoms with Gasteiger partial charge >= 0.3 is 0 Å². The number of nitrogens with one attached hydrogen (secondary N) is 1. The van der Waals surface area contributed by atoms with Gasteiger partial charge in [-0.2, -0.15) is 0 Å². The van der Waals surface area contributed by atoms with E-state index in [9.17, 15) is 4.79 Å². The minimum absolute atomic E-state index is 0. The van der Waals surface area contributed by atoms with E-state index in [0.29, 0.717) is 17.1 Å². The summed E-state index contributed by atoms with van der Waals surface area (Å²) in [4.78, 5) is 11.5. The van der Waals surface area contributed by atoms with Crippen LogP contribution in [0.4, 0.5) is 0 Å². The molecule has 1 atom stereocenters. The lowest BCUT2D eigenvalue weighted by Gasteiger charge is -2.11. The maximum absolute atomic E-state index is 11.5. The molecular formula is C10H14Cl2N2O. The molecule has 0 heterocycles. The normalized spacial score (nSPS) is 11.4. The van der Waals surface area contributed by atoms with Crippen LogP contribution in [0.15, 0.2) is 24.3 Å². The van der Waals surface area contributed by atoms with E-state index in [1.165, 1.54) is 0 Å². The molecule has 0 aliphatic carbocycles. The Bertz CT molecular complexity index is 331. The number of carbonyl (C=O) groups excluding carboxylic acids is 1. The van der Waals surface area contributed by atoms with Crippen LogP contribution in [0.5, 0.6) is 0 Å². The SMILES string of the molecule is C[C@H](CN)NC(=O)c1cccc(Cl)c1.Cl. The Morgan fingerprint density at radius 3 is 2.80 bits per heavy atom. The smallest absolute Gasteiger partial charge is 0.251 e. The molecule has 5 heteroatoms. The summed E-state index contributed by atoms with van der Waals surface area (Å²) in [6.07, 6.45) is 0. The third-order valence-electron chi connectivity index (χ3n) is 1.82. The zero-order chi connectivity index (χ0) is 10.6. The molecule has 0 radical (unpaired) electrons. The first kappa shape index (κ1) is 14.2. The van der Waals surface area contributed by atoms with Crippen LogP contribution >= 0.6 is 24.0 Å². The second-order valence-corrected chi connectivity index (χ2v) is 3.56. The number of rotatable bonds is 3. The molecule has 0 aliphatic heterocycles. The zero-order valence-corrected chi connectivity index (χ0v) is 9.94. The molecule has 0 fully saturated rings. The highest BCUT2D eigenvalue weighted by atomic mass is 35.5. The minimum atomic E-state index is -0.148. The summed E-state index contributed by atoms with van der Waals surface area (Å²) < 4.78 is 0. The monoisotopic (exact) mass is 248 g/mol. The fraction of sp³-hybridized carbons (Fsp3) is 0.300. The highest BCUT2D eigenvalue weighted by Gasteiger charge is 2.08. The van der Waals surface area contributed by atoms with Crippen molar-refractivity contribution in [1.29, 1.82) is 0 Å². The minimum Gasteiger partial charge on any atom is -0.348 e. The Morgan fingerprint density at radius 1 is 1.60 bits per heavy atom. The molecule has 0 saturated heterocycles. The van der Waals surface area contributed by atoms with Gasteiger partial charge in [0.05, 0.1) is 0 Å². The lowest BCUT2D eigenvalue weighted by molar-refractivity contribution is 0.0941. The molecule has 0 bridgehead atoms. The van der Waals surface area contributed by atoms with Crippen molar-refractivity contribution in [3.63, 3.8) is 0 Å². The van der Waals surface area contributed by atoms with Gasteiger partial charge in [-0.1, -0.05) is 17.7 Å². The number of nitrogens with two attached hydrogens (primary N) is 1. The lowest BCUT2D eigenvalue weighted by Crippen LogP contribution is -2.37. The van der Waals surface area contributed by atoms with Crippen LogP contribution in [0.25, 0.3) is 0 Å². The molecule has 0 unspecified atom stereocenters. The summed E-state index contributed by atoms with van der Waals surface area (Å²) >= 11 is 5.75. The standard InChI is InChI=1S/C10H13ClN2O.ClH/c1-7(6-12)13-10(14)8-3-2-4-9(11)5-8;/h2-5,7H,6,12H2,1H3,(H,13,14);1H/t7-;/m1./s1. The second-order valence-electron chi connectivity index (χ2n) is 3.12. The highest BCUT2D eigenvalue weighted by molar-refractivity contribution is 6.30. The third kappa shape index (κ3) is 4.51. The summed E-state index contributed by atoms with van der Waals surface area (Å²) in [5, 5.41) is 3.30. The van der Waals surface area contributed by atoms with Crippen molar-refractivity contribution >= 4 is 29.9 Å². The van der Waals surface area contributed by atoms with Crippen LogP contribution in [0.3, 0.4) is 0 Å². The Kier molecular flexibility index (Phi) is 6.32. The molecule has 1 aromatic rings. The van der Waals surface area contributed by atoms with Crippen molar-refractivity contribution in [2.24, 2.45) is 5.73 Å². The molecule has 0 spiro atoms. The van der Waals surface area contributed by atoms with Gasteiger partial charge in [0.1, 0.15) is 0 Å². The first-order chi connectivity index (χ1) is 6.63. The van der Waals surface area contributed by atoms with E-state index < -0.39 is 0 Å². The molecule has 3 N–H and O–H groups in total. The van der Waals surface area contributed by atoms with E-state index in [-0.39, 0.29) is 24.4 Å². The number of hydrogen-bond acceptors (Lipinski definition) is 2. The van der Waals surface area contributed by atoms with Crippen molar-refractivity contribution < 1.29 is 4.79 Å². The van der Waals surface area contributed by atoms with Crippen LogP contribution in [0.2, 0.25) is 5.02 Å². The molecule has 0 saturated carbocycles. The van der Waals surface area contributed by atoms with Gasteiger partial charge in [-0.05, 0) is 25.1 Å². The van der Waals surface area contributed by atoms with Crippen LogP contribution < -0.4 is 11.1 Å². The molecule has 84 valence electrons. The van der Waals surface area contributed by atoms with E-state index in [4.69, 9.17) is 17.3 Å². The van der Waals surface area contributed by atoms with Gasteiger partial charge in [0.15, 0.2) is 0 Å². The average Bonchev–Trinajstić information content (AvgIpc) is 2.17. The van der Waals surface area contributed by atoms with Crippen molar-refractivity contribution in [3.8, 4) is 0 Å². The number of amides is 1. The molecule has 0 aliphatic rings. The Morgan fingerprint density at radius 2 is 2.27 bits per heavy atom. The van der Waals surface area contributed by atoms with Gasteiger partial charge < -0.3 is 11.1 Å². The van der Waals surface area contributed by atoms with Crippen LogP contribution in [-0.4, -0.2) is 18.5 Å². The number of carbonyl (C=O) groups is 1. The van der Waals surface area contributed by atoms with Crippen LogP contribution in [-0.2, 0) is 0 Å². The van der Waals surface area contributed by atoms with Crippen molar-refractivity contribution in [1.82, 2.24) is 5.32 Å². The van der Waals surface area contributed by atoms with Gasteiger partial charge in [0.25, 0.3) is 5.91 Å². The Balaban J connectivity index is 0.00000196. The van der Waals surface area contributed by atoms with Crippen molar-refractivity contribution in [2.75, 3.05) is 6.54 Å². The summed E-state index contributed by atoms with van der Waals surface area (Å²) in [5.41, 5.74) is 5.94. The van der Waals surface area contributed by atoms with E-state index in [1.807, 2.05) is 6.92 Å². The first-order valence-corrected chi connectivity index (χ1v) is 4.77. The van der Waals surface area contributed by atoms with E-state index >= 15 is 0 Å². The molecule has 0 aromatic heterocycles. The maximum atomic E-state index is 11.5. The summed E-state index contributed by atoms with van der Waals surface area (Å²) in [6, 6.07) is 6.78. The maximum Gasteiger partial charge on any atom is 0.251 e. The molecule has 1 rings (SSSR count). The molecule has 1 aromatic carbocycles. The largest absolute Gasteiger partial charge is 0.348 e. The van der Waals surface area contributed by atoms with Gasteiger partial charge in [-0.25, -0.2) is 0 Å². The topological polar surface area (TPSA) is 55.1 Å². The van der Waals surface area contributed by atoms with Crippen LogP contribution in [0, 0.1) is 0 Å². The summed E-state index contributed by atoms with van der Waals surface area (Å²) in [6.45, 7) is 2.27. The van der Waals surface area contributed by atoms with Gasteiger partial charge in [0, 0.05) is 23.2 Å². The number of benzene rings is 1. The third-order valence-corrected chi connectivity index (χ3v) is 2.05. The molecule has 15 heavy (non-hydrogen) atoms. The molecule has 3 nitrogen and oxygen atoms in total. The fourth-order valence-corrected chi connectivity index (χ4v) is 1.19. The van der Waals surface area contributed by atoms with Gasteiger partial charge in [-0.3, -0.25) is 4.79 Å². The predicted molar refractivity (Wildman–Crippen MR) is 64.7 cm³/mol. The van der Waals surface area contributed by atoms with E-state index in [0.717, 1.165) is 0 Å². The van der Waals surface area contributed by atoms with Crippen molar-refractivity contribution in [2.45, 2.75) is 13.0 Å².